The predicted molar refractivity (Wildman–Crippen MR) is 116 cm³/mol. The van der Waals surface area contributed by atoms with Gasteiger partial charge in [-0.1, -0.05) is 24.1 Å². The molecular formula is C20H25N3O6S2. The third kappa shape index (κ3) is 5.48. The molecule has 0 spiro atoms. The highest BCUT2D eigenvalue weighted by Gasteiger charge is 2.33. The summed E-state index contributed by atoms with van der Waals surface area (Å²) in [6, 6.07) is 11.0. The molecule has 0 saturated carbocycles. The minimum Gasteiger partial charge on any atom is -0.258 e. The summed E-state index contributed by atoms with van der Waals surface area (Å²) in [6.07, 6.45) is 2.62. The lowest BCUT2D eigenvalue weighted by atomic mass is 10.0. The maximum absolute atomic E-state index is 13.1. The molecule has 1 unspecified atom stereocenters. The molecule has 9 nitrogen and oxygen atoms in total. The molecule has 1 atom stereocenters. The van der Waals surface area contributed by atoms with E-state index in [9.17, 15) is 26.9 Å². The summed E-state index contributed by atoms with van der Waals surface area (Å²) in [4.78, 5) is 10.3. The second-order valence-electron chi connectivity index (χ2n) is 7.52. The Morgan fingerprint density at radius 2 is 1.61 bits per heavy atom. The van der Waals surface area contributed by atoms with Crippen LogP contribution in [-0.4, -0.2) is 45.2 Å². The number of rotatable bonds is 8. The van der Waals surface area contributed by atoms with Gasteiger partial charge in [-0.3, -0.25) is 10.1 Å². The van der Waals surface area contributed by atoms with Gasteiger partial charge in [0.05, 0.1) is 14.7 Å². The highest BCUT2D eigenvalue weighted by molar-refractivity contribution is 7.89. The number of piperidine rings is 1. The molecular weight excluding hydrogens is 442 g/mol. The van der Waals surface area contributed by atoms with Gasteiger partial charge in [-0.2, -0.15) is 4.31 Å². The van der Waals surface area contributed by atoms with Crippen molar-refractivity contribution in [2.45, 2.75) is 48.4 Å². The summed E-state index contributed by atoms with van der Waals surface area (Å²) in [7, 11) is -7.52. The van der Waals surface area contributed by atoms with E-state index in [4.69, 9.17) is 0 Å². The van der Waals surface area contributed by atoms with Crippen molar-refractivity contribution in [1.29, 1.82) is 0 Å². The third-order valence-electron chi connectivity index (χ3n) is 5.33. The average Bonchev–Trinajstić information content (AvgIpc) is 2.74. The van der Waals surface area contributed by atoms with Gasteiger partial charge in [-0.15, -0.1) is 0 Å². The molecule has 0 aromatic heterocycles. The van der Waals surface area contributed by atoms with Crippen LogP contribution < -0.4 is 4.72 Å². The summed E-state index contributed by atoms with van der Waals surface area (Å²) < 4.78 is 55.1. The number of non-ortho nitro benzene ring substituents is 1. The van der Waals surface area contributed by atoms with E-state index in [1.165, 1.54) is 16.4 Å². The molecule has 0 amide bonds. The fourth-order valence-electron chi connectivity index (χ4n) is 3.61. The molecule has 0 bridgehead atoms. The smallest absolute Gasteiger partial charge is 0.258 e. The average molecular weight is 468 g/mol. The standard InChI is InChI=1S/C20H25N3O6S2/c1-16-5-9-20(10-6-16)31(28,29)22-15-3-2-4-17(22)13-14-21-30(26,27)19-11-7-18(8-12-19)23(24)25/h5-12,17,21H,2-4,13-15H2,1H3. The summed E-state index contributed by atoms with van der Waals surface area (Å²) in [6.45, 7) is 2.34. The lowest BCUT2D eigenvalue weighted by molar-refractivity contribution is -0.384. The number of aryl methyl sites for hydroxylation is 1. The van der Waals surface area contributed by atoms with E-state index in [1.54, 1.807) is 24.3 Å². The minimum absolute atomic E-state index is 0.0594. The van der Waals surface area contributed by atoms with Crippen LogP contribution in [0.2, 0.25) is 0 Å². The first kappa shape index (κ1) is 23.3. The largest absolute Gasteiger partial charge is 0.269 e. The molecule has 1 N–H and O–H groups in total. The zero-order valence-corrected chi connectivity index (χ0v) is 18.7. The Kier molecular flexibility index (Phi) is 7.10. The van der Waals surface area contributed by atoms with Crippen LogP contribution in [0, 0.1) is 17.0 Å². The van der Waals surface area contributed by atoms with E-state index < -0.39 is 25.0 Å². The maximum atomic E-state index is 13.1. The van der Waals surface area contributed by atoms with E-state index in [-0.39, 0.29) is 28.1 Å². The van der Waals surface area contributed by atoms with Crippen molar-refractivity contribution < 1.29 is 21.8 Å². The number of sulfonamides is 2. The van der Waals surface area contributed by atoms with Crippen LogP contribution in [0.5, 0.6) is 0 Å². The molecule has 1 aliphatic rings. The quantitative estimate of drug-likeness (QED) is 0.470. The van der Waals surface area contributed by atoms with Crippen molar-refractivity contribution in [3.63, 3.8) is 0 Å². The Labute approximate surface area is 182 Å². The zero-order chi connectivity index (χ0) is 22.6. The topological polar surface area (TPSA) is 127 Å². The van der Waals surface area contributed by atoms with E-state index in [0.717, 1.165) is 30.5 Å². The maximum Gasteiger partial charge on any atom is 0.269 e. The van der Waals surface area contributed by atoms with E-state index in [1.807, 2.05) is 6.92 Å². The third-order valence-corrected chi connectivity index (χ3v) is 8.77. The number of nitrogens with zero attached hydrogens (tertiary/aromatic N) is 2. The van der Waals surface area contributed by atoms with E-state index in [0.29, 0.717) is 19.4 Å². The van der Waals surface area contributed by atoms with Crippen molar-refractivity contribution in [2.24, 2.45) is 0 Å². The van der Waals surface area contributed by atoms with Gasteiger partial charge < -0.3 is 0 Å². The Morgan fingerprint density at radius 1 is 1.00 bits per heavy atom. The number of hydrogen-bond acceptors (Lipinski definition) is 6. The fourth-order valence-corrected chi connectivity index (χ4v) is 6.39. The molecule has 1 heterocycles. The van der Waals surface area contributed by atoms with Crippen LogP contribution in [0.3, 0.4) is 0 Å². The Morgan fingerprint density at radius 3 is 2.23 bits per heavy atom. The minimum atomic E-state index is -3.85. The van der Waals surface area contributed by atoms with E-state index in [2.05, 4.69) is 4.72 Å². The SMILES string of the molecule is Cc1ccc(S(=O)(=O)N2CCCCC2CCNS(=O)(=O)c2ccc([N+](=O)[O-])cc2)cc1. The van der Waals surface area contributed by atoms with Crippen LogP contribution in [0.25, 0.3) is 0 Å². The van der Waals surface area contributed by atoms with Gasteiger partial charge in [-0.05, 0) is 50.5 Å². The fraction of sp³-hybridized carbons (Fsp3) is 0.400. The highest BCUT2D eigenvalue weighted by Crippen LogP contribution is 2.27. The normalized spacial score (nSPS) is 18.0. The summed E-state index contributed by atoms with van der Waals surface area (Å²) in [5.41, 5.74) is 0.771. The Bertz CT molecular complexity index is 1130. The van der Waals surface area contributed by atoms with Gasteiger partial charge in [0.15, 0.2) is 0 Å². The first-order chi connectivity index (χ1) is 14.6. The van der Waals surface area contributed by atoms with Gasteiger partial charge in [-0.25, -0.2) is 21.6 Å². The van der Waals surface area contributed by atoms with Crippen LogP contribution in [0.1, 0.15) is 31.2 Å². The van der Waals surface area contributed by atoms with Gasteiger partial charge in [0.1, 0.15) is 0 Å². The number of hydrogen-bond donors (Lipinski definition) is 1. The lowest BCUT2D eigenvalue weighted by Crippen LogP contribution is -2.45. The first-order valence-corrected chi connectivity index (χ1v) is 12.9. The predicted octanol–water partition coefficient (Wildman–Crippen LogP) is 2.82. The molecule has 1 saturated heterocycles. The molecule has 11 heteroatoms. The van der Waals surface area contributed by atoms with Crippen LogP contribution >= 0.6 is 0 Å². The van der Waals surface area contributed by atoms with Crippen molar-refractivity contribution in [2.75, 3.05) is 13.1 Å². The van der Waals surface area contributed by atoms with Crippen molar-refractivity contribution >= 4 is 25.7 Å². The second kappa shape index (κ2) is 9.43. The van der Waals surface area contributed by atoms with Crippen LogP contribution in [0.4, 0.5) is 5.69 Å². The number of nitrogens with one attached hydrogen (secondary N) is 1. The lowest BCUT2D eigenvalue weighted by Gasteiger charge is -2.34. The molecule has 1 aliphatic heterocycles. The Balaban J connectivity index is 1.68. The van der Waals surface area contributed by atoms with Gasteiger partial charge in [0.25, 0.3) is 5.69 Å². The highest BCUT2D eigenvalue weighted by atomic mass is 32.2. The number of nitro groups is 1. The van der Waals surface area contributed by atoms with Crippen LogP contribution in [0.15, 0.2) is 58.3 Å². The summed E-state index contributed by atoms with van der Waals surface area (Å²) >= 11 is 0. The number of nitro benzene ring substituents is 1. The Hall–Kier alpha value is -2.34. The summed E-state index contributed by atoms with van der Waals surface area (Å²) in [5, 5.41) is 10.7. The molecule has 0 aliphatic carbocycles. The molecule has 168 valence electrons. The summed E-state index contributed by atoms with van der Waals surface area (Å²) in [5.74, 6) is 0. The van der Waals surface area contributed by atoms with Crippen molar-refractivity contribution in [3.8, 4) is 0 Å². The molecule has 31 heavy (non-hydrogen) atoms. The van der Waals surface area contributed by atoms with Gasteiger partial charge >= 0.3 is 0 Å². The molecule has 3 rings (SSSR count). The molecule has 2 aromatic rings. The molecule has 0 radical (unpaired) electrons. The molecule has 1 fully saturated rings. The molecule has 2 aromatic carbocycles. The van der Waals surface area contributed by atoms with Crippen molar-refractivity contribution in [1.82, 2.24) is 9.03 Å². The van der Waals surface area contributed by atoms with Crippen molar-refractivity contribution in [3.05, 3.63) is 64.2 Å². The van der Waals surface area contributed by atoms with Gasteiger partial charge in [0.2, 0.25) is 20.0 Å². The number of benzene rings is 2. The monoisotopic (exact) mass is 467 g/mol. The van der Waals surface area contributed by atoms with E-state index >= 15 is 0 Å². The second-order valence-corrected chi connectivity index (χ2v) is 11.2. The zero-order valence-electron chi connectivity index (χ0n) is 17.1. The van der Waals surface area contributed by atoms with Crippen LogP contribution in [-0.2, 0) is 20.0 Å². The first-order valence-electron chi connectivity index (χ1n) is 9.94. The van der Waals surface area contributed by atoms with Gasteiger partial charge in [0, 0.05) is 31.3 Å².